The molecule has 0 unspecified atom stereocenters. The van der Waals surface area contributed by atoms with Gasteiger partial charge in [-0.1, -0.05) is 0 Å². The summed E-state index contributed by atoms with van der Waals surface area (Å²) in [6, 6.07) is 7.12. The van der Waals surface area contributed by atoms with E-state index in [9.17, 15) is 9.59 Å². The van der Waals surface area contributed by atoms with Gasteiger partial charge in [0.2, 0.25) is 11.6 Å². The summed E-state index contributed by atoms with van der Waals surface area (Å²) in [7, 11) is 0. The Morgan fingerprint density at radius 1 is 1.30 bits per heavy atom. The maximum Gasteiger partial charge on any atom is 0.337 e. The highest BCUT2D eigenvalue weighted by atomic mass is 16.4. The van der Waals surface area contributed by atoms with Crippen LogP contribution in [0.5, 0.6) is 0 Å². The second kappa shape index (κ2) is 6.52. The van der Waals surface area contributed by atoms with Gasteiger partial charge in [0.1, 0.15) is 12.1 Å². The summed E-state index contributed by atoms with van der Waals surface area (Å²) in [5.41, 5.74) is 2.13. The quantitative estimate of drug-likeness (QED) is 0.554. The van der Waals surface area contributed by atoms with Gasteiger partial charge in [-0.15, -0.1) is 0 Å². The molecule has 1 rings (SSSR count). The van der Waals surface area contributed by atoms with Crippen LogP contribution in [0, 0.1) is 22.7 Å². The predicted octanol–water partition coefficient (Wildman–Crippen LogP) is 1.16. The molecule has 1 amide bonds. The van der Waals surface area contributed by atoms with Crippen molar-refractivity contribution in [2.75, 3.05) is 10.7 Å². The largest absolute Gasteiger partial charge is 0.478 e. The number of carboxylic acid groups (broad SMARTS) is 1. The number of hydrogen-bond acceptors (Lipinski definition) is 6. The molecule has 100 valence electrons. The van der Waals surface area contributed by atoms with Gasteiger partial charge in [0.25, 0.3) is 0 Å². The van der Waals surface area contributed by atoms with Crippen LogP contribution in [0.3, 0.4) is 0 Å². The van der Waals surface area contributed by atoms with E-state index in [1.807, 2.05) is 0 Å². The molecule has 3 N–H and O–H groups in total. The third-order valence-electron chi connectivity index (χ3n) is 2.07. The van der Waals surface area contributed by atoms with Crippen LogP contribution in [0.1, 0.15) is 17.3 Å². The van der Waals surface area contributed by atoms with Crippen molar-refractivity contribution in [2.24, 2.45) is 5.10 Å². The number of hydrazone groups is 1. The number of rotatable bonds is 4. The second-order valence-electron chi connectivity index (χ2n) is 3.54. The fraction of sp³-hybridized carbons (Fsp3) is 0.0833. The Labute approximate surface area is 113 Å². The molecule has 0 fully saturated rings. The van der Waals surface area contributed by atoms with E-state index in [0.717, 1.165) is 0 Å². The Hall–Kier alpha value is -3.39. The number of benzene rings is 1. The first kappa shape index (κ1) is 14.7. The Bertz CT molecular complexity index is 651. The summed E-state index contributed by atoms with van der Waals surface area (Å²) in [5.74, 6) is -1.58. The van der Waals surface area contributed by atoms with E-state index in [4.69, 9.17) is 15.6 Å². The third kappa shape index (κ3) is 3.82. The lowest BCUT2D eigenvalue weighted by Crippen LogP contribution is -2.09. The van der Waals surface area contributed by atoms with E-state index >= 15 is 0 Å². The second-order valence-corrected chi connectivity index (χ2v) is 3.54. The van der Waals surface area contributed by atoms with Gasteiger partial charge in [0.15, 0.2) is 0 Å². The number of carbonyl (C=O) groups is 2. The molecule has 1 aromatic rings. The van der Waals surface area contributed by atoms with Crippen molar-refractivity contribution in [3.63, 3.8) is 0 Å². The van der Waals surface area contributed by atoms with E-state index in [1.165, 1.54) is 37.3 Å². The number of nitrogens with one attached hydrogen (secondary N) is 2. The van der Waals surface area contributed by atoms with Crippen LogP contribution in [-0.2, 0) is 4.79 Å². The van der Waals surface area contributed by atoms with Crippen LogP contribution in [0.4, 0.5) is 11.4 Å². The molecule has 8 heteroatoms. The third-order valence-corrected chi connectivity index (χ3v) is 2.07. The van der Waals surface area contributed by atoms with E-state index in [2.05, 4.69) is 15.8 Å². The van der Waals surface area contributed by atoms with Crippen molar-refractivity contribution >= 4 is 29.0 Å². The highest BCUT2D eigenvalue weighted by Crippen LogP contribution is 2.21. The van der Waals surface area contributed by atoms with Crippen LogP contribution < -0.4 is 10.7 Å². The lowest BCUT2D eigenvalue weighted by atomic mass is 10.1. The molecule has 0 heterocycles. The lowest BCUT2D eigenvalue weighted by Gasteiger charge is -2.08. The zero-order chi connectivity index (χ0) is 15.1. The van der Waals surface area contributed by atoms with E-state index in [-0.39, 0.29) is 17.2 Å². The average molecular weight is 271 g/mol. The van der Waals surface area contributed by atoms with Gasteiger partial charge in [-0.3, -0.25) is 10.2 Å². The van der Waals surface area contributed by atoms with Gasteiger partial charge in [0, 0.05) is 12.6 Å². The van der Waals surface area contributed by atoms with Crippen LogP contribution in [0.25, 0.3) is 0 Å². The maximum absolute atomic E-state index is 11.1. The van der Waals surface area contributed by atoms with Gasteiger partial charge in [-0.2, -0.15) is 15.6 Å². The lowest BCUT2D eigenvalue weighted by molar-refractivity contribution is -0.114. The van der Waals surface area contributed by atoms with Crippen LogP contribution in [0.2, 0.25) is 0 Å². The van der Waals surface area contributed by atoms with Crippen molar-refractivity contribution in [1.29, 1.82) is 10.5 Å². The number of nitriles is 2. The SMILES string of the molecule is CC(=O)Nc1ccc(NN=C(C#N)C#N)c(C(=O)O)c1. The van der Waals surface area contributed by atoms with Gasteiger partial charge in [0.05, 0.1) is 11.3 Å². The van der Waals surface area contributed by atoms with Crippen molar-refractivity contribution < 1.29 is 14.7 Å². The van der Waals surface area contributed by atoms with Gasteiger partial charge >= 0.3 is 5.97 Å². The number of aromatic carboxylic acids is 1. The fourth-order valence-corrected chi connectivity index (χ4v) is 1.29. The van der Waals surface area contributed by atoms with Crippen molar-refractivity contribution in [1.82, 2.24) is 0 Å². The van der Waals surface area contributed by atoms with E-state index in [0.29, 0.717) is 5.69 Å². The van der Waals surface area contributed by atoms with Crippen molar-refractivity contribution in [2.45, 2.75) is 6.92 Å². The predicted molar refractivity (Wildman–Crippen MR) is 70.0 cm³/mol. The summed E-state index contributed by atoms with van der Waals surface area (Å²) in [5, 5.41) is 32.0. The van der Waals surface area contributed by atoms with Gasteiger partial charge < -0.3 is 10.4 Å². The summed E-state index contributed by atoms with van der Waals surface area (Å²) in [4.78, 5) is 22.0. The van der Waals surface area contributed by atoms with E-state index < -0.39 is 11.7 Å². The fourth-order valence-electron chi connectivity index (χ4n) is 1.29. The normalized spacial score (nSPS) is 8.75. The smallest absolute Gasteiger partial charge is 0.337 e. The highest BCUT2D eigenvalue weighted by Gasteiger charge is 2.11. The zero-order valence-corrected chi connectivity index (χ0v) is 10.3. The Morgan fingerprint density at radius 3 is 2.45 bits per heavy atom. The molecule has 20 heavy (non-hydrogen) atoms. The molecular formula is C12H9N5O3. The standard InChI is InChI=1S/C12H9N5O3/c1-7(18)15-8-2-3-11(10(4-8)12(19)20)17-16-9(5-13)6-14/h2-4,17H,1H3,(H,15,18)(H,19,20). The summed E-state index contributed by atoms with van der Waals surface area (Å²) in [6.07, 6.45) is 0. The first-order valence-corrected chi connectivity index (χ1v) is 5.26. The first-order chi connectivity index (χ1) is 9.47. The zero-order valence-electron chi connectivity index (χ0n) is 10.3. The summed E-state index contributed by atoms with van der Waals surface area (Å²) >= 11 is 0. The number of nitrogens with zero attached hydrogens (tertiary/aromatic N) is 3. The number of carbonyl (C=O) groups excluding carboxylic acids is 1. The number of anilines is 2. The van der Waals surface area contributed by atoms with Crippen LogP contribution in [-0.4, -0.2) is 22.7 Å². The number of hydrogen-bond donors (Lipinski definition) is 3. The van der Waals surface area contributed by atoms with Gasteiger partial charge in [-0.25, -0.2) is 4.79 Å². The molecule has 0 saturated carbocycles. The highest BCUT2D eigenvalue weighted by molar-refractivity contribution is 6.10. The molecule has 0 aliphatic heterocycles. The molecule has 0 aromatic heterocycles. The minimum absolute atomic E-state index is 0.0922. The Morgan fingerprint density at radius 2 is 1.95 bits per heavy atom. The molecule has 0 spiro atoms. The molecule has 1 aromatic carbocycles. The van der Waals surface area contributed by atoms with Gasteiger partial charge in [-0.05, 0) is 18.2 Å². The van der Waals surface area contributed by atoms with Crippen LogP contribution in [0.15, 0.2) is 23.3 Å². The molecular weight excluding hydrogens is 262 g/mol. The first-order valence-electron chi connectivity index (χ1n) is 5.26. The minimum atomic E-state index is -1.25. The molecule has 0 atom stereocenters. The summed E-state index contributed by atoms with van der Waals surface area (Å²) in [6.45, 7) is 1.29. The molecule has 0 saturated heterocycles. The van der Waals surface area contributed by atoms with Crippen molar-refractivity contribution in [3.8, 4) is 12.1 Å². The van der Waals surface area contributed by atoms with E-state index in [1.54, 1.807) is 0 Å². The molecule has 8 nitrogen and oxygen atoms in total. The summed E-state index contributed by atoms with van der Waals surface area (Å²) < 4.78 is 0. The molecule has 0 bridgehead atoms. The number of amides is 1. The average Bonchev–Trinajstić information content (AvgIpc) is 2.40. The Balaban J connectivity index is 3.12. The molecule has 0 aliphatic rings. The maximum atomic E-state index is 11.1. The van der Waals surface area contributed by atoms with Crippen molar-refractivity contribution in [3.05, 3.63) is 23.8 Å². The minimum Gasteiger partial charge on any atom is -0.478 e. The number of carboxylic acids is 1. The topological polar surface area (TPSA) is 138 Å². The van der Waals surface area contributed by atoms with Crippen LogP contribution >= 0.6 is 0 Å². The molecule has 0 radical (unpaired) electrons. The monoisotopic (exact) mass is 271 g/mol. The Kier molecular flexibility index (Phi) is 4.78. The molecule has 0 aliphatic carbocycles.